The van der Waals surface area contributed by atoms with Gasteiger partial charge in [-0.25, -0.2) is 16.8 Å². The van der Waals surface area contributed by atoms with Gasteiger partial charge in [0.1, 0.15) is 5.82 Å². The summed E-state index contributed by atoms with van der Waals surface area (Å²) in [6.45, 7) is 2.57. The first-order valence-electron chi connectivity index (χ1n) is 10.1. The molecule has 0 saturated heterocycles. The molecule has 1 aromatic heterocycles. The fraction of sp³-hybridized carbons (Fsp3) is 0.304. The number of halogens is 1. The normalized spacial score (nSPS) is 17.4. The maximum atomic E-state index is 14.1. The summed E-state index contributed by atoms with van der Waals surface area (Å²) in [4.78, 5) is 4.52. The summed E-state index contributed by atoms with van der Waals surface area (Å²) in [7, 11) is 0.198. The van der Waals surface area contributed by atoms with Crippen molar-refractivity contribution in [1.82, 2.24) is 8.87 Å². The molecule has 0 fully saturated rings. The molecular formula is C23H24FN3O2S. The van der Waals surface area contributed by atoms with Crippen LogP contribution in [0.4, 0.5) is 10.1 Å². The van der Waals surface area contributed by atoms with Gasteiger partial charge in [-0.2, -0.15) is 0 Å². The summed E-state index contributed by atoms with van der Waals surface area (Å²) in [6.07, 6.45) is 5.48. The van der Waals surface area contributed by atoms with Crippen molar-refractivity contribution in [1.29, 1.82) is 0 Å². The lowest BCUT2D eigenvalue weighted by Gasteiger charge is -2.21. The zero-order chi connectivity index (χ0) is 21.0. The smallest absolute Gasteiger partial charge is 0.268 e. The SMILES string of the molecule is CN1CC=C(c2cn(S(=O)(=O)c3ccc4c(c3)N(C)CC4)c3ccc(F)cc23)CC1. The number of aromatic nitrogens is 1. The highest BCUT2D eigenvalue weighted by atomic mass is 32.2. The summed E-state index contributed by atoms with van der Waals surface area (Å²) >= 11 is 0. The Morgan fingerprint density at radius 2 is 1.83 bits per heavy atom. The third-order valence-electron chi connectivity index (χ3n) is 6.23. The fourth-order valence-corrected chi connectivity index (χ4v) is 5.83. The second-order valence-corrected chi connectivity index (χ2v) is 10.0. The molecule has 0 bridgehead atoms. The lowest BCUT2D eigenvalue weighted by Crippen LogP contribution is -2.23. The third kappa shape index (κ3) is 3.04. The molecule has 3 aromatic rings. The predicted molar refractivity (Wildman–Crippen MR) is 118 cm³/mol. The lowest BCUT2D eigenvalue weighted by atomic mass is 9.99. The van der Waals surface area contributed by atoms with E-state index in [2.05, 4.69) is 15.9 Å². The zero-order valence-corrected chi connectivity index (χ0v) is 17.9. The van der Waals surface area contributed by atoms with E-state index in [9.17, 15) is 12.8 Å². The standard InChI is InChI=1S/C23H24FN3O2S/c1-25-10-7-16(8-11-25)21-15-27(22-6-4-18(24)13-20(21)22)30(28,29)19-5-3-17-9-12-26(2)23(17)14-19/h3-7,13-15H,8-12H2,1-2H3. The topological polar surface area (TPSA) is 45.6 Å². The first-order valence-corrected chi connectivity index (χ1v) is 11.6. The van der Waals surface area contributed by atoms with E-state index in [1.807, 2.05) is 20.2 Å². The van der Waals surface area contributed by atoms with E-state index < -0.39 is 10.0 Å². The second kappa shape index (κ2) is 6.96. The number of likely N-dealkylation sites (N-methyl/N-ethyl adjacent to an activating group) is 2. The predicted octanol–water partition coefficient (Wildman–Crippen LogP) is 3.73. The van der Waals surface area contributed by atoms with E-state index >= 15 is 0 Å². The molecule has 5 rings (SSSR count). The molecule has 0 saturated carbocycles. The van der Waals surface area contributed by atoms with Gasteiger partial charge in [-0.15, -0.1) is 0 Å². The summed E-state index contributed by atoms with van der Waals surface area (Å²) in [5.74, 6) is -0.369. The number of rotatable bonds is 3. The molecule has 2 aliphatic heterocycles. The van der Waals surface area contributed by atoms with Gasteiger partial charge in [0.2, 0.25) is 0 Å². The molecule has 2 aliphatic rings. The van der Waals surface area contributed by atoms with Crippen molar-refractivity contribution in [3.05, 3.63) is 65.6 Å². The molecule has 0 spiro atoms. The second-order valence-electron chi connectivity index (χ2n) is 8.21. The molecule has 0 radical (unpaired) electrons. The van der Waals surface area contributed by atoms with Crippen LogP contribution >= 0.6 is 0 Å². The number of fused-ring (bicyclic) bond motifs is 2. The highest BCUT2D eigenvalue weighted by molar-refractivity contribution is 7.90. The Balaban J connectivity index is 1.69. The molecule has 0 atom stereocenters. The molecular weight excluding hydrogens is 401 g/mol. The summed E-state index contributed by atoms with van der Waals surface area (Å²) in [5.41, 5.74) is 4.47. The van der Waals surface area contributed by atoms with Crippen LogP contribution in [0.5, 0.6) is 0 Å². The molecule has 0 amide bonds. The third-order valence-corrected chi connectivity index (χ3v) is 7.90. The highest BCUT2D eigenvalue weighted by Crippen LogP contribution is 2.35. The van der Waals surface area contributed by atoms with Crippen LogP contribution in [-0.4, -0.2) is 51.0 Å². The molecule has 0 N–H and O–H groups in total. The summed E-state index contributed by atoms with van der Waals surface area (Å²) in [5, 5.41) is 0.632. The minimum absolute atomic E-state index is 0.250. The van der Waals surface area contributed by atoms with Crippen molar-refractivity contribution < 1.29 is 12.8 Å². The van der Waals surface area contributed by atoms with Crippen LogP contribution in [-0.2, 0) is 16.4 Å². The fourth-order valence-electron chi connectivity index (χ4n) is 4.44. The van der Waals surface area contributed by atoms with Crippen LogP contribution in [0.3, 0.4) is 0 Å². The zero-order valence-electron chi connectivity index (χ0n) is 17.1. The lowest BCUT2D eigenvalue weighted by molar-refractivity contribution is 0.370. The molecule has 2 aromatic carbocycles. The van der Waals surface area contributed by atoms with Crippen LogP contribution < -0.4 is 4.90 Å². The van der Waals surface area contributed by atoms with Gasteiger partial charge in [-0.3, -0.25) is 0 Å². The number of nitrogens with zero attached hydrogens (tertiary/aromatic N) is 3. The van der Waals surface area contributed by atoms with Crippen LogP contribution in [0.1, 0.15) is 17.5 Å². The van der Waals surface area contributed by atoms with Crippen molar-refractivity contribution in [3.63, 3.8) is 0 Å². The maximum absolute atomic E-state index is 14.1. The van der Waals surface area contributed by atoms with Crippen LogP contribution in [0.2, 0.25) is 0 Å². The van der Waals surface area contributed by atoms with E-state index in [0.717, 1.165) is 54.9 Å². The van der Waals surface area contributed by atoms with E-state index in [1.165, 1.54) is 16.1 Å². The number of hydrogen-bond acceptors (Lipinski definition) is 4. The average molecular weight is 426 g/mol. The van der Waals surface area contributed by atoms with Gasteiger partial charge in [0, 0.05) is 49.5 Å². The van der Waals surface area contributed by atoms with Gasteiger partial charge in [-0.05, 0) is 61.4 Å². The first-order chi connectivity index (χ1) is 14.3. The largest absolute Gasteiger partial charge is 0.374 e. The highest BCUT2D eigenvalue weighted by Gasteiger charge is 2.26. The minimum atomic E-state index is -3.82. The Bertz CT molecular complexity index is 1290. The Labute approximate surface area is 176 Å². The molecule has 0 aliphatic carbocycles. The van der Waals surface area contributed by atoms with Gasteiger partial charge < -0.3 is 9.80 Å². The van der Waals surface area contributed by atoms with Gasteiger partial charge in [0.05, 0.1) is 10.4 Å². The first kappa shape index (κ1) is 19.3. The summed E-state index contributed by atoms with van der Waals surface area (Å²) < 4.78 is 42.6. The Morgan fingerprint density at radius 3 is 2.60 bits per heavy atom. The van der Waals surface area contributed by atoms with Crippen molar-refractivity contribution in [2.24, 2.45) is 0 Å². The number of benzene rings is 2. The number of hydrogen-bond donors (Lipinski definition) is 0. The Morgan fingerprint density at radius 1 is 1.00 bits per heavy atom. The van der Waals surface area contributed by atoms with Gasteiger partial charge >= 0.3 is 0 Å². The van der Waals surface area contributed by atoms with Crippen molar-refractivity contribution in [2.75, 3.05) is 38.6 Å². The molecule has 5 nitrogen and oxygen atoms in total. The average Bonchev–Trinajstić information content (AvgIpc) is 3.29. The van der Waals surface area contributed by atoms with Crippen molar-refractivity contribution >= 4 is 32.2 Å². The van der Waals surface area contributed by atoms with Crippen LogP contribution in [0, 0.1) is 5.82 Å². The van der Waals surface area contributed by atoms with Gasteiger partial charge in [-0.1, -0.05) is 12.1 Å². The van der Waals surface area contributed by atoms with E-state index in [1.54, 1.807) is 24.4 Å². The molecule has 156 valence electrons. The Kier molecular flexibility index (Phi) is 4.48. The monoisotopic (exact) mass is 425 g/mol. The van der Waals surface area contributed by atoms with Crippen LogP contribution in [0.15, 0.2) is 53.6 Å². The van der Waals surface area contributed by atoms with E-state index in [0.29, 0.717) is 10.9 Å². The van der Waals surface area contributed by atoms with Gasteiger partial charge in [0.25, 0.3) is 10.0 Å². The number of anilines is 1. The van der Waals surface area contributed by atoms with Gasteiger partial charge in [0.15, 0.2) is 0 Å². The van der Waals surface area contributed by atoms with Crippen molar-refractivity contribution in [3.8, 4) is 0 Å². The van der Waals surface area contributed by atoms with E-state index in [4.69, 9.17) is 0 Å². The van der Waals surface area contributed by atoms with Crippen molar-refractivity contribution in [2.45, 2.75) is 17.7 Å². The molecule has 7 heteroatoms. The van der Waals surface area contributed by atoms with Crippen LogP contribution in [0.25, 0.3) is 16.5 Å². The molecule has 0 unspecified atom stereocenters. The molecule has 30 heavy (non-hydrogen) atoms. The minimum Gasteiger partial charge on any atom is -0.374 e. The maximum Gasteiger partial charge on any atom is 0.268 e. The molecule has 3 heterocycles. The Hall–Kier alpha value is -2.64. The quantitative estimate of drug-likeness (QED) is 0.642. The van der Waals surface area contributed by atoms with E-state index in [-0.39, 0.29) is 10.7 Å². The summed E-state index contributed by atoms with van der Waals surface area (Å²) in [6, 6.07) is 9.64.